The fraction of sp³-hybridized carbons (Fsp3) is 0.160. The lowest BCUT2D eigenvalue weighted by Crippen LogP contribution is -2.26. The average molecular weight is 457 g/mol. The van der Waals surface area contributed by atoms with E-state index in [0.29, 0.717) is 29.1 Å². The summed E-state index contributed by atoms with van der Waals surface area (Å²) in [5, 5.41) is 9.70. The molecule has 9 heteroatoms. The van der Waals surface area contributed by atoms with Gasteiger partial charge in [-0.05, 0) is 37.6 Å². The molecule has 2 aromatic carbocycles. The van der Waals surface area contributed by atoms with Gasteiger partial charge in [-0.3, -0.25) is 9.59 Å². The molecule has 0 spiro atoms. The molecule has 0 aliphatic carbocycles. The Morgan fingerprint density at radius 1 is 1.00 bits per heavy atom. The largest absolute Gasteiger partial charge is 0.452 e. The van der Waals surface area contributed by atoms with Crippen LogP contribution in [0.5, 0.6) is 0 Å². The molecule has 0 fully saturated rings. The number of ether oxygens (including phenoxy) is 1. The maximum Gasteiger partial charge on any atom is 0.344 e. The molecule has 4 aromatic rings. The maximum atomic E-state index is 12.7. The second-order valence-corrected chi connectivity index (χ2v) is 7.69. The lowest BCUT2D eigenvalue weighted by molar-refractivity contribution is -0.119. The van der Waals surface area contributed by atoms with E-state index in [9.17, 15) is 14.4 Å². The van der Waals surface area contributed by atoms with Gasteiger partial charge in [-0.15, -0.1) is 0 Å². The molecule has 2 heterocycles. The van der Waals surface area contributed by atoms with E-state index in [1.165, 1.54) is 4.52 Å². The van der Waals surface area contributed by atoms with Gasteiger partial charge in [-0.1, -0.05) is 42.0 Å². The highest BCUT2D eigenvalue weighted by Gasteiger charge is 2.21. The zero-order chi connectivity index (χ0) is 24.1. The van der Waals surface area contributed by atoms with Crippen LogP contribution in [0.4, 0.5) is 5.69 Å². The summed E-state index contributed by atoms with van der Waals surface area (Å²) in [6, 6.07) is 16.2. The van der Waals surface area contributed by atoms with Crippen molar-refractivity contribution in [3.05, 3.63) is 94.9 Å². The Bertz CT molecular complexity index is 1360. The Labute approximate surface area is 195 Å². The number of amides is 2. The summed E-state index contributed by atoms with van der Waals surface area (Å²) in [7, 11) is 0. The third-order valence-corrected chi connectivity index (χ3v) is 5.13. The summed E-state index contributed by atoms with van der Waals surface area (Å²) in [6.45, 7) is 3.49. The standard InChI is InChI=1S/C25H23N5O4/c1-16-8-10-18(11-9-16)14-27-24(32)19-6-3-4-7-20(19)28-21(31)15-34-25(33)22-17(2)29-30-13-5-12-26-23(22)30/h3-13H,14-15H2,1-2H3,(H,27,32)(H,28,31). The van der Waals surface area contributed by atoms with Crippen molar-refractivity contribution in [2.24, 2.45) is 0 Å². The van der Waals surface area contributed by atoms with Gasteiger partial charge in [0.25, 0.3) is 11.8 Å². The Morgan fingerprint density at radius 2 is 1.76 bits per heavy atom. The predicted molar refractivity (Wildman–Crippen MR) is 125 cm³/mol. The zero-order valence-corrected chi connectivity index (χ0v) is 18.7. The number of nitrogens with one attached hydrogen (secondary N) is 2. The maximum absolute atomic E-state index is 12.7. The highest BCUT2D eigenvalue weighted by molar-refractivity contribution is 6.04. The van der Waals surface area contributed by atoms with Crippen LogP contribution < -0.4 is 10.6 Å². The van der Waals surface area contributed by atoms with Crippen molar-refractivity contribution in [3.8, 4) is 0 Å². The van der Waals surface area contributed by atoms with Crippen LogP contribution in [0.2, 0.25) is 0 Å². The van der Waals surface area contributed by atoms with Crippen molar-refractivity contribution in [2.45, 2.75) is 20.4 Å². The van der Waals surface area contributed by atoms with E-state index in [-0.39, 0.29) is 11.5 Å². The second kappa shape index (κ2) is 9.95. The van der Waals surface area contributed by atoms with Crippen LogP contribution in [0.1, 0.15) is 37.5 Å². The van der Waals surface area contributed by atoms with Crippen LogP contribution >= 0.6 is 0 Å². The molecular weight excluding hydrogens is 434 g/mol. The van der Waals surface area contributed by atoms with E-state index in [1.807, 2.05) is 31.2 Å². The Balaban J connectivity index is 1.37. The summed E-state index contributed by atoms with van der Waals surface area (Å²) in [6.07, 6.45) is 3.21. The summed E-state index contributed by atoms with van der Waals surface area (Å²) in [5.41, 5.74) is 3.71. The number of aryl methyl sites for hydroxylation is 2. The number of hydrogen-bond acceptors (Lipinski definition) is 6. The van der Waals surface area contributed by atoms with Crippen LogP contribution in [0.15, 0.2) is 67.0 Å². The Morgan fingerprint density at radius 3 is 2.56 bits per heavy atom. The van der Waals surface area contributed by atoms with Gasteiger partial charge < -0.3 is 15.4 Å². The molecule has 9 nitrogen and oxygen atoms in total. The second-order valence-electron chi connectivity index (χ2n) is 7.69. The van der Waals surface area contributed by atoms with Gasteiger partial charge >= 0.3 is 5.97 Å². The number of rotatable bonds is 7. The fourth-order valence-electron chi connectivity index (χ4n) is 3.40. The minimum Gasteiger partial charge on any atom is -0.452 e. The van der Waals surface area contributed by atoms with Gasteiger partial charge in [0.2, 0.25) is 0 Å². The number of nitrogens with zero attached hydrogens (tertiary/aromatic N) is 3. The van der Waals surface area contributed by atoms with Crippen molar-refractivity contribution >= 4 is 29.1 Å². The van der Waals surface area contributed by atoms with Crippen LogP contribution in [0.25, 0.3) is 5.65 Å². The molecule has 0 unspecified atom stereocenters. The van der Waals surface area contributed by atoms with Gasteiger partial charge in [0.1, 0.15) is 5.56 Å². The van der Waals surface area contributed by atoms with Crippen molar-refractivity contribution in [3.63, 3.8) is 0 Å². The number of benzene rings is 2. The summed E-state index contributed by atoms with van der Waals surface area (Å²) >= 11 is 0. The number of anilines is 1. The van der Waals surface area contributed by atoms with Crippen molar-refractivity contribution in [2.75, 3.05) is 11.9 Å². The first kappa shape index (κ1) is 22.7. The van der Waals surface area contributed by atoms with Gasteiger partial charge in [0, 0.05) is 18.9 Å². The first-order chi connectivity index (χ1) is 16.4. The molecule has 2 N–H and O–H groups in total. The van der Waals surface area contributed by atoms with E-state index in [1.54, 1.807) is 49.6 Å². The SMILES string of the molecule is Cc1ccc(CNC(=O)c2ccccc2NC(=O)COC(=O)c2c(C)nn3cccnc23)cc1. The van der Waals surface area contributed by atoms with Gasteiger partial charge in [0.15, 0.2) is 12.3 Å². The summed E-state index contributed by atoms with van der Waals surface area (Å²) in [4.78, 5) is 41.9. The molecule has 4 rings (SSSR count). The fourth-order valence-corrected chi connectivity index (χ4v) is 3.40. The van der Waals surface area contributed by atoms with Gasteiger partial charge in [-0.2, -0.15) is 5.10 Å². The van der Waals surface area contributed by atoms with Crippen LogP contribution in [-0.4, -0.2) is 39.0 Å². The van der Waals surface area contributed by atoms with Crippen molar-refractivity contribution in [1.82, 2.24) is 19.9 Å². The third-order valence-electron chi connectivity index (χ3n) is 5.13. The molecule has 0 bridgehead atoms. The molecular formula is C25H23N5O4. The average Bonchev–Trinajstić information content (AvgIpc) is 3.18. The van der Waals surface area contributed by atoms with Crippen LogP contribution in [-0.2, 0) is 16.1 Å². The molecule has 0 atom stereocenters. The number of carbonyl (C=O) groups is 3. The number of fused-ring (bicyclic) bond motifs is 1. The minimum atomic E-state index is -0.703. The molecule has 0 aliphatic rings. The van der Waals surface area contributed by atoms with E-state index in [2.05, 4.69) is 20.7 Å². The predicted octanol–water partition coefficient (Wildman–Crippen LogP) is 3.07. The highest BCUT2D eigenvalue weighted by Crippen LogP contribution is 2.17. The van der Waals surface area contributed by atoms with E-state index in [0.717, 1.165) is 11.1 Å². The number of esters is 1. The molecule has 172 valence electrons. The summed E-state index contributed by atoms with van der Waals surface area (Å²) in [5.74, 6) is -1.61. The molecule has 0 saturated carbocycles. The number of carbonyl (C=O) groups excluding carboxylic acids is 3. The van der Waals surface area contributed by atoms with Crippen molar-refractivity contribution in [1.29, 1.82) is 0 Å². The highest BCUT2D eigenvalue weighted by atomic mass is 16.5. The lowest BCUT2D eigenvalue weighted by Gasteiger charge is -2.12. The normalized spacial score (nSPS) is 10.6. The Kier molecular flexibility index (Phi) is 6.63. The number of para-hydroxylation sites is 1. The zero-order valence-electron chi connectivity index (χ0n) is 18.7. The van der Waals surface area contributed by atoms with Crippen LogP contribution in [0.3, 0.4) is 0 Å². The molecule has 2 aromatic heterocycles. The number of hydrogen-bond donors (Lipinski definition) is 2. The lowest BCUT2D eigenvalue weighted by atomic mass is 10.1. The molecule has 2 amide bonds. The molecule has 0 saturated heterocycles. The number of aromatic nitrogens is 3. The van der Waals surface area contributed by atoms with E-state index < -0.39 is 18.5 Å². The Hall–Kier alpha value is -4.53. The minimum absolute atomic E-state index is 0.198. The first-order valence-electron chi connectivity index (χ1n) is 10.6. The monoisotopic (exact) mass is 457 g/mol. The third kappa shape index (κ3) is 5.09. The van der Waals surface area contributed by atoms with E-state index >= 15 is 0 Å². The van der Waals surface area contributed by atoms with E-state index in [4.69, 9.17) is 4.74 Å². The smallest absolute Gasteiger partial charge is 0.344 e. The molecule has 0 aliphatic heterocycles. The van der Waals surface area contributed by atoms with Gasteiger partial charge in [-0.25, -0.2) is 14.3 Å². The summed E-state index contributed by atoms with van der Waals surface area (Å²) < 4.78 is 6.65. The quantitative estimate of drug-likeness (QED) is 0.412. The topological polar surface area (TPSA) is 115 Å². The van der Waals surface area contributed by atoms with Crippen LogP contribution in [0, 0.1) is 13.8 Å². The molecule has 0 radical (unpaired) electrons. The molecule has 34 heavy (non-hydrogen) atoms. The van der Waals surface area contributed by atoms with Crippen molar-refractivity contribution < 1.29 is 19.1 Å². The van der Waals surface area contributed by atoms with Gasteiger partial charge in [0.05, 0.1) is 16.9 Å². The first-order valence-corrected chi connectivity index (χ1v) is 10.6.